The lowest BCUT2D eigenvalue weighted by molar-refractivity contribution is -0.0279. The summed E-state index contributed by atoms with van der Waals surface area (Å²) < 4.78 is 45.5. The Balaban J connectivity index is 1.60. The zero-order valence-corrected chi connectivity index (χ0v) is 12.8. The molecule has 0 spiro atoms. The van der Waals surface area contributed by atoms with Gasteiger partial charge in [-0.1, -0.05) is 0 Å². The molecule has 1 aromatic heterocycles. The number of β-amino-alcohol motifs (C(OH)–C–C–N with tert-alkyl or cyclic N) is 1. The van der Waals surface area contributed by atoms with Crippen LogP contribution in [0.25, 0.3) is 0 Å². The molecule has 24 heavy (non-hydrogen) atoms. The summed E-state index contributed by atoms with van der Waals surface area (Å²) in [6.45, 7) is 1.21. The molecule has 3 rings (SSSR count). The molecule has 0 aliphatic carbocycles. The van der Waals surface area contributed by atoms with Gasteiger partial charge >= 0.3 is 0 Å². The number of rotatable bonds is 4. The molecule has 1 fully saturated rings. The largest absolute Gasteiger partial charge is 0.487 e. The lowest BCUT2D eigenvalue weighted by atomic mass is 10.0. The Morgan fingerprint density at radius 2 is 1.96 bits per heavy atom. The highest BCUT2D eigenvalue weighted by molar-refractivity contribution is 5.24. The molecule has 1 aliphatic heterocycles. The molecule has 0 radical (unpaired) electrons. The van der Waals surface area contributed by atoms with Gasteiger partial charge in [0.25, 0.3) is 0 Å². The van der Waals surface area contributed by atoms with Gasteiger partial charge in [0.1, 0.15) is 35.4 Å². The number of benzene rings is 1. The number of aliphatic hydroxyl groups excluding tert-OH is 1. The van der Waals surface area contributed by atoms with E-state index in [1.54, 1.807) is 6.07 Å². The topological polar surface area (TPSA) is 45.6 Å². The normalized spacial score (nSPS) is 21.7. The van der Waals surface area contributed by atoms with E-state index in [1.165, 1.54) is 6.20 Å². The lowest BCUT2D eigenvalue weighted by Crippen LogP contribution is -2.48. The van der Waals surface area contributed by atoms with E-state index in [-0.39, 0.29) is 18.1 Å². The lowest BCUT2D eigenvalue weighted by Gasteiger charge is -2.36. The van der Waals surface area contributed by atoms with Crippen LogP contribution >= 0.6 is 0 Å². The van der Waals surface area contributed by atoms with Crippen molar-refractivity contribution in [1.82, 2.24) is 9.88 Å². The Bertz CT molecular complexity index is 694. The van der Waals surface area contributed by atoms with Crippen molar-refractivity contribution in [3.8, 4) is 5.75 Å². The van der Waals surface area contributed by atoms with E-state index in [0.717, 1.165) is 24.4 Å². The number of hydrogen-bond acceptors (Lipinski definition) is 4. The van der Waals surface area contributed by atoms with Crippen molar-refractivity contribution in [2.45, 2.75) is 25.2 Å². The summed E-state index contributed by atoms with van der Waals surface area (Å²) in [5.41, 5.74) is 0.503. The highest BCUT2D eigenvalue weighted by Crippen LogP contribution is 2.22. The van der Waals surface area contributed by atoms with E-state index < -0.39 is 23.8 Å². The third kappa shape index (κ3) is 4.04. The molecule has 1 aliphatic rings. The predicted octanol–water partition coefficient (Wildman–Crippen LogP) is 2.51. The van der Waals surface area contributed by atoms with Gasteiger partial charge in [0.15, 0.2) is 0 Å². The van der Waals surface area contributed by atoms with E-state index in [0.29, 0.717) is 25.1 Å². The van der Waals surface area contributed by atoms with Crippen LogP contribution in [0.4, 0.5) is 13.2 Å². The molecular weight excluding hydrogens is 321 g/mol. The Hall–Kier alpha value is -2.12. The summed E-state index contributed by atoms with van der Waals surface area (Å²) in [6.07, 6.45) is 1.73. The molecule has 7 heteroatoms. The second-order valence-electron chi connectivity index (χ2n) is 5.82. The molecule has 0 unspecified atom stereocenters. The zero-order chi connectivity index (χ0) is 17.1. The molecule has 2 aromatic rings. The van der Waals surface area contributed by atoms with Gasteiger partial charge in [-0.15, -0.1) is 0 Å². The number of hydrogen-bond donors (Lipinski definition) is 1. The van der Waals surface area contributed by atoms with Crippen LogP contribution < -0.4 is 4.74 Å². The molecule has 4 nitrogen and oxygen atoms in total. The highest BCUT2D eigenvalue weighted by atomic mass is 19.1. The predicted molar refractivity (Wildman–Crippen MR) is 80.9 cm³/mol. The first kappa shape index (κ1) is 16.7. The van der Waals surface area contributed by atoms with E-state index in [1.807, 2.05) is 4.90 Å². The first-order chi connectivity index (χ1) is 11.5. The summed E-state index contributed by atoms with van der Waals surface area (Å²) in [7, 11) is 0. The van der Waals surface area contributed by atoms with Crippen molar-refractivity contribution in [3.63, 3.8) is 0 Å². The standard InChI is InChI=1S/C17H17F3N2O2/c18-12-5-13(19)7-14(6-12)24-17-2-4-22(10-16(17)23)9-11-1-3-21-8-15(11)20/h1,3,5-8,16-17,23H,2,4,9-10H2/t16-,17-/m1/s1. The Morgan fingerprint density at radius 1 is 1.21 bits per heavy atom. The number of pyridine rings is 1. The van der Waals surface area contributed by atoms with Crippen LogP contribution in [0.3, 0.4) is 0 Å². The monoisotopic (exact) mass is 338 g/mol. The van der Waals surface area contributed by atoms with Gasteiger partial charge in [-0.2, -0.15) is 0 Å². The molecule has 0 bridgehead atoms. The summed E-state index contributed by atoms with van der Waals surface area (Å²) in [5.74, 6) is -1.80. The van der Waals surface area contributed by atoms with Crippen molar-refractivity contribution in [2.24, 2.45) is 0 Å². The van der Waals surface area contributed by atoms with Crippen LogP contribution in [-0.4, -0.2) is 40.3 Å². The molecule has 2 heterocycles. The molecule has 1 saturated heterocycles. The average molecular weight is 338 g/mol. The quantitative estimate of drug-likeness (QED) is 0.930. The minimum absolute atomic E-state index is 0.0465. The van der Waals surface area contributed by atoms with Gasteiger partial charge < -0.3 is 9.84 Å². The van der Waals surface area contributed by atoms with Crippen LogP contribution in [0.5, 0.6) is 5.75 Å². The van der Waals surface area contributed by atoms with E-state index in [4.69, 9.17) is 4.74 Å². The maximum atomic E-state index is 13.6. The Kier molecular flexibility index (Phi) is 5.01. The maximum absolute atomic E-state index is 13.6. The van der Waals surface area contributed by atoms with Crippen LogP contribution in [0.2, 0.25) is 0 Å². The van der Waals surface area contributed by atoms with E-state index in [9.17, 15) is 18.3 Å². The summed E-state index contributed by atoms with van der Waals surface area (Å²) in [6, 6.07) is 4.51. The highest BCUT2D eigenvalue weighted by Gasteiger charge is 2.29. The number of likely N-dealkylation sites (tertiary alicyclic amines) is 1. The van der Waals surface area contributed by atoms with Gasteiger partial charge in [0.05, 0.1) is 6.20 Å². The fourth-order valence-corrected chi connectivity index (χ4v) is 2.80. The SMILES string of the molecule is O[C@@H]1CN(Cc2ccncc2F)CC[C@H]1Oc1cc(F)cc(F)c1. The van der Waals surface area contributed by atoms with Crippen molar-refractivity contribution in [2.75, 3.05) is 13.1 Å². The number of halogens is 3. The van der Waals surface area contributed by atoms with Crippen molar-refractivity contribution >= 4 is 0 Å². The van der Waals surface area contributed by atoms with Gasteiger partial charge in [-0.25, -0.2) is 13.2 Å². The van der Waals surface area contributed by atoms with Crippen molar-refractivity contribution in [1.29, 1.82) is 0 Å². The molecule has 0 saturated carbocycles. The number of aromatic nitrogens is 1. The number of ether oxygens (including phenoxy) is 1. The second-order valence-corrected chi connectivity index (χ2v) is 5.82. The third-order valence-corrected chi connectivity index (χ3v) is 3.98. The fraction of sp³-hybridized carbons (Fsp3) is 0.353. The molecule has 1 N–H and O–H groups in total. The van der Waals surface area contributed by atoms with Gasteiger partial charge in [0.2, 0.25) is 0 Å². The van der Waals surface area contributed by atoms with Gasteiger partial charge in [-0.05, 0) is 12.5 Å². The van der Waals surface area contributed by atoms with Gasteiger partial charge in [0, 0.05) is 49.6 Å². The molecule has 2 atom stereocenters. The van der Waals surface area contributed by atoms with Gasteiger partial charge in [-0.3, -0.25) is 9.88 Å². The third-order valence-electron chi connectivity index (χ3n) is 3.98. The second kappa shape index (κ2) is 7.19. The average Bonchev–Trinajstić information content (AvgIpc) is 2.51. The van der Waals surface area contributed by atoms with E-state index >= 15 is 0 Å². The molecule has 1 aromatic carbocycles. The molecule has 128 valence electrons. The maximum Gasteiger partial charge on any atom is 0.145 e. The fourth-order valence-electron chi connectivity index (χ4n) is 2.80. The van der Waals surface area contributed by atoms with Crippen LogP contribution in [0.15, 0.2) is 36.7 Å². The Labute approximate surface area is 137 Å². The minimum Gasteiger partial charge on any atom is -0.487 e. The number of piperidine rings is 1. The van der Waals surface area contributed by atoms with Crippen molar-refractivity contribution < 1.29 is 23.0 Å². The zero-order valence-electron chi connectivity index (χ0n) is 12.8. The first-order valence-corrected chi connectivity index (χ1v) is 7.63. The molecular formula is C17H17F3N2O2. The number of aliphatic hydroxyl groups is 1. The van der Waals surface area contributed by atoms with E-state index in [2.05, 4.69) is 4.98 Å². The molecule has 0 amide bonds. The first-order valence-electron chi connectivity index (χ1n) is 7.63. The summed E-state index contributed by atoms with van der Waals surface area (Å²) >= 11 is 0. The van der Waals surface area contributed by atoms with Crippen LogP contribution in [0.1, 0.15) is 12.0 Å². The van der Waals surface area contributed by atoms with Crippen molar-refractivity contribution in [3.05, 3.63) is 59.7 Å². The van der Waals surface area contributed by atoms with Crippen LogP contribution in [-0.2, 0) is 6.54 Å². The summed E-state index contributed by atoms with van der Waals surface area (Å²) in [5, 5.41) is 10.2. The summed E-state index contributed by atoms with van der Waals surface area (Å²) in [4.78, 5) is 5.60. The Morgan fingerprint density at radius 3 is 2.62 bits per heavy atom. The van der Waals surface area contributed by atoms with Crippen LogP contribution in [0, 0.1) is 17.5 Å². The number of nitrogens with zero attached hydrogens (tertiary/aromatic N) is 2. The smallest absolute Gasteiger partial charge is 0.145 e. The minimum atomic E-state index is -0.838.